The zero-order valence-electron chi connectivity index (χ0n) is 13.3. The summed E-state index contributed by atoms with van der Waals surface area (Å²) in [4.78, 5) is 27.9. The van der Waals surface area contributed by atoms with Gasteiger partial charge >= 0.3 is 0 Å². The maximum absolute atomic E-state index is 12.1. The third kappa shape index (κ3) is 3.23. The minimum absolute atomic E-state index is 0.274. The molecule has 6 heteroatoms. The van der Waals surface area contributed by atoms with Gasteiger partial charge in [0, 0.05) is 36.6 Å². The molecule has 0 spiro atoms. The van der Waals surface area contributed by atoms with Gasteiger partial charge in [0.05, 0.1) is 0 Å². The molecule has 4 aromatic heterocycles. The van der Waals surface area contributed by atoms with Crippen LogP contribution in [0.15, 0.2) is 67.3 Å². The number of hydrogen-bond acceptors (Lipinski definition) is 4. The fraction of sp³-hybridized carbons (Fsp3) is 0.0526. The summed E-state index contributed by atoms with van der Waals surface area (Å²) < 4.78 is 0. The second-order valence-electron chi connectivity index (χ2n) is 5.61. The number of fused-ring (bicyclic) bond motifs is 1. The Morgan fingerprint density at radius 3 is 2.72 bits per heavy atom. The molecule has 4 rings (SSSR count). The van der Waals surface area contributed by atoms with E-state index in [0.717, 1.165) is 28.6 Å². The van der Waals surface area contributed by atoms with Gasteiger partial charge in [-0.05, 0) is 41.5 Å². The highest BCUT2D eigenvalue weighted by atomic mass is 16.1. The monoisotopic (exact) mass is 329 g/mol. The van der Waals surface area contributed by atoms with Gasteiger partial charge in [0.2, 0.25) is 0 Å². The van der Waals surface area contributed by atoms with E-state index in [1.165, 1.54) is 0 Å². The van der Waals surface area contributed by atoms with Crippen LogP contribution < -0.4 is 5.32 Å². The second-order valence-corrected chi connectivity index (χ2v) is 5.61. The van der Waals surface area contributed by atoms with Crippen molar-refractivity contribution in [3.63, 3.8) is 0 Å². The van der Waals surface area contributed by atoms with Crippen LogP contribution in [-0.4, -0.2) is 25.8 Å². The predicted octanol–water partition coefficient (Wildman–Crippen LogP) is 3.20. The molecule has 122 valence electrons. The van der Waals surface area contributed by atoms with E-state index in [4.69, 9.17) is 0 Å². The van der Waals surface area contributed by atoms with Crippen molar-refractivity contribution < 1.29 is 4.79 Å². The van der Waals surface area contributed by atoms with Crippen LogP contribution in [-0.2, 0) is 6.42 Å². The summed E-state index contributed by atoms with van der Waals surface area (Å²) >= 11 is 0. The zero-order valence-corrected chi connectivity index (χ0v) is 13.3. The molecule has 0 saturated carbocycles. The SMILES string of the molecule is O=C(Nc1ccc(Cc2c[nH]c3ncccc23)cn1)c1ccccn1. The molecule has 0 aromatic carbocycles. The number of nitrogens with zero attached hydrogens (tertiary/aromatic N) is 3. The molecule has 4 heterocycles. The van der Waals surface area contributed by atoms with Crippen molar-refractivity contribution in [1.29, 1.82) is 0 Å². The zero-order chi connectivity index (χ0) is 17.1. The maximum Gasteiger partial charge on any atom is 0.275 e. The number of aromatic amines is 1. The number of anilines is 1. The van der Waals surface area contributed by atoms with Crippen LogP contribution in [0.25, 0.3) is 11.0 Å². The fourth-order valence-corrected chi connectivity index (χ4v) is 2.66. The molecule has 0 fully saturated rings. The maximum atomic E-state index is 12.1. The minimum atomic E-state index is -0.274. The van der Waals surface area contributed by atoms with Gasteiger partial charge in [-0.1, -0.05) is 12.1 Å². The highest BCUT2D eigenvalue weighted by molar-refractivity contribution is 6.02. The first-order valence-corrected chi connectivity index (χ1v) is 7.88. The summed E-state index contributed by atoms with van der Waals surface area (Å²) in [5.41, 5.74) is 3.46. The van der Waals surface area contributed by atoms with Gasteiger partial charge in [0.1, 0.15) is 17.2 Å². The third-order valence-electron chi connectivity index (χ3n) is 3.90. The topological polar surface area (TPSA) is 83.6 Å². The molecule has 6 nitrogen and oxygen atoms in total. The Hall–Kier alpha value is -3.54. The number of hydrogen-bond donors (Lipinski definition) is 2. The van der Waals surface area contributed by atoms with E-state index >= 15 is 0 Å². The summed E-state index contributed by atoms with van der Waals surface area (Å²) in [6, 6.07) is 12.9. The first-order chi connectivity index (χ1) is 12.3. The van der Waals surface area contributed by atoms with E-state index in [9.17, 15) is 4.79 Å². The summed E-state index contributed by atoms with van der Waals surface area (Å²) in [6.07, 6.45) is 7.83. The average molecular weight is 329 g/mol. The van der Waals surface area contributed by atoms with Crippen LogP contribution in [0.4, 0.5) is 5.82 Å². The van der Waals surface area contributed by atoms with E-state index in [1.54, 1.807) is 42.9 Å². The van der Waals surface area contributed by atoms with Crippen LogP contribution in [0.5, 0.6) is 0 Å². The van der Waals surface area contributed by atoms with E-state index in [-0.39, 0.29) is 5.91 Å². The minimum Gasteiger partial charge on any atom is -0.346 e. The highest BCUT2D eigenvalue weighted by Gasteiger charge is 2.08. The molecule has 0 aliphatic rings. The first kappa shape index (κ1) is 15.0. The van der Waals surface area contributed by atoms with Gasteiger partial charge < -0.3 is 10.3 Å². The number of aromatic nitrogens is 4. The fourth-order valence-electron chi connectivity index (χ4n) is 2.66. The van der Waals surface area contributed by atoms with Crippen LogP contribution in [0.2, 0.25) is 0 Å². The van der Waals surface area contributed by atoms with Crippen molar-refractivity contribution in [3.05, 3.63) is 84.1 Å². The number of carbonyl (C=O) groups excluding carboxylic acids is 1. The Morgan fingerprint density at radius 1 is 1.00 bits per heavy atom. The lowest BCUT2D eigenvalue weighted by molar-refractivity contribution is 0.102. The number of amides is 1. The van der Waals surface area contributed by atoms with Crippen LogP contribution in [0.3, 0.4) is 0 Å². The van der Waals surface area contributed by atoms with Crippen molar-refractivity contribution in [2.75, 3.05) is 5.32 Å². The Labute approximate surface area is 144 Å². The third-order valence-corrected chi connectivity index (χ3v) is 3.90. The van der Waals surface area contributed by atoms with Crippen molar-refractivity contribution in [1.82, 2.24) is 19.9 Å². The molecule has 0 radical (unpaired) electrons. The Balaban J connectivity index is 1.48. The molecule has 4 aromatic rings. The number of H-pyrrole nitrogens is 1. The quantitative estimate of drug-likeness (QED) is 0.602. The van der Waals surface area contributed by atoms with E-state index < -0.39 is 0 Å². The molecule has 0 bridgehead atoms. The highest BCUT2D eigenvalue weighted by Crippen LogP contribution is 2.19. The Morgan fingerprint density at radius 2 is 1.92 bits per heavy atom. The summed E-state index contributed by atoms with van der Waals surface area (Å²) in [5, 5.41) is 3.85. The van der Waals surface area contributed by atoms with Crippen molar-refractivity contribution in [3.8, 4) is 0 Å². The summed E-state index contributed by atoms with van der Waals surface area (Å²) in [6.45, 7) is 0. The standard InChI is InChI=1S/C19H15N5O/c25-19(16-5-1-2-8-20-16)24-17-7-6-13(11-22-17)10-14-12-23-18-15(14)4-3-9-21-18/h1-9,11-12H,10H2,(H,21,23)(H,22,24,25). The normalized spacial score (nSPS) is 10.7. The number of carbonyl (C=O) groups is 1. The van der Waals surface area contributed by atoms with Gasteiger partial charge in [-0.3, -0.25) is 9.78 Å². The molecule has 1 amide bonds. The second kappa shape index (κ2) is 6.52. The van der Waals surface area contributed by atoms with Crippen molar-refractivity contribution >= 4 is 22.8 Å². The lowest BCUT2D eigenvalue weighted by Gasteiger charge is -2.05. The molecule has 0 atom stereocenters. The van der Waals surface area contributed by atoms with Gasteiger partial charge in [0.15, 0.2) is 0 Å². The molecule has 25 heavy (non-hydrogen) atoms. The van der Waals surface area contributed by atoms with Crippen molar-refractivity contribution in [2.24, 2.45) is 0 Å². The van der Waals surface area contributed by atoms with Crippen LogP contribution >= 0.6 is 0 Å². The predicted molar refractivity (Wildman–Crippen MR) is 95.3 cm³/mol. The number of pyridine rings is 3. The van der Waals surface area contributed by atoms with Crippen LogP contribution in [0, 0.1) is 0 Å². The first-order valence-electron chi connectivity index (χ1n) is 7.88. The van der Waals surface area contributed by atoms with Gasteiger partial charge in [-0.25, -0.2) is 9.97 Å². The lowest BCUT2D eigenvalue weighted by Crippen LogP contribution is -2.14. The molecule has 0 aliphatic heterocycles. The largest absolute Gasteiger partial charge is 0.346 e. The lowest BCUT2D eigenvalue weighted by atomic mass is 10.1. The summed E-state index contributed by atoms with van der Waals surface area (Å²) in [7, 11) is 0. The molecular formula is C19H15N5O. The Kier molecular flexibility index (Phi) is 3.92. The van der Waals surface area contributed by atoms with E-state index in [1.807, 2.05) is 24.4 Å². The van der Waals surface area contributed by atoms with Gasteiger partial charge in [-0.15, -0.1) is 0 Å². The summed E-state index contributed by atoms with van der Waals surface area (Å²) in [5.74, 6) is 0.226. The molecule has 0 saturated heterocycles. The molecular weight excluding hydrogens is 314 g/mol. The van der Waals surface area contributed by atoms with Crippen LogP contribution in [0.1, 0.15) is 21.6 Å². The molecule has 0 unspecified atom stereocenters. The van der Waals surface area contributed by atoms with Gasteiger partial charge in [0.25, 0.3) is 5.91 Å². The van der Waals surface area contributed by atoms with E-state index in [2.05, 4.69) is 25.3 Å². The van der Waals surface area contributed by atoms with E-state index in [0.29, 0.717) is 11.5 Å². The van der Waals surface area contributed by atoms with Crippen molar-refractivity contribution in [2.45, 2.75) is 6.42 Å². The smallest absolute Gasteiger partial charge is 0.275 e. The van der Waals surface area contributed by atoms with Gasteiger partial charge in [-0.2, -0.15) is 0 Å². The number of rotatable bonds is 4. The Bertz CT molecular complexity index is 1010. The molecule has 2 N–H and O–H groups in total. The molecule has 0 aliphatic carbocycles. The average Bonchev–Trinajstić information content (AvgIpc) is 3.07. The number of nitrogens with one attached hydrogen (secondary N) is 2.